The minimum atomic E-state index is -0.244. The predicted octanol–water partition coefficient (Wildman–Crippen LogP) is 4.58. The molecule has 0 radical (unpaired) electrons. The van der Waals surface area contributed by atoms with Crippen LogP contribution in [0.4, 0.5) is 4.39 Å². The number of ether oxygens (including phenoxy) is 1. The summed E-state index contributed by atoms with van der Waals surface area (Å²) in [6.07, 6.45) is 1.00. The minimum Gasteiger partial charge on any atom is -0.496 e. The average Bonchev–Trinajstić information content (AvgIpc) is 2.49. The molecule has 0 bridgehead atoms. The van der Waals surface area contributed by atoms with Gasteiger partial charge in [-0.3, -0.25) is 0 Å². The monoisotopic (exact) mass is 307 g/mol. The molecule has 1 atom stereocenters. The second-order valence-electron chi connectivity index (χ2n) is 4.82. The molecule has 0 fully saturated rings. The quantitative estimate of drug-likeness (QED) is 0.843. The average molecular weight is 308 g/mol. The highest BCUT2D eigenvalue weighted by atomic mass is 35.5. The van der Waals surface area contributed by atoms with Crippen LogP contribution in [0.5, 0.6) is 5.75 Å². The Hall–Kier alpha value is -1.58. The molecule has 0 aliphatic heterocycles. The summed E-state index contributed by atoms with van der Waals surface area (Å²) in [6.45, 7) is 2.95. The molecule has 0 spiro atoms. The number of rotatable bonds is 6. The summed E-state index contributed by atoms with van der Waals surface area (Å²) in [5.74, 6) is 0.517. The lowest BCUT2D eigenvalue weighted by Crippen LogP contribution is -2.23. The van der Waals surface area contributed by atoms with Crippen LogP contribution in [0.25, 0.3) is 0 Å². The highest BCUT2D eigenvalue weighted by Gasteiger charge is 2.18. The molecule has 0 aliphatic carbocycles. The molecule has 1 unspecified atom stereocenters. The van der Waals surface area contributed by atoms with Gasteiger partial charge in [0, 0.05) is 10.6 Å². The van der Waals surface area contributed by atoms with Crippen molar-refractivity contribution in [2.45, 2.75) is 19.4 Å². The lowest BCUT2D eigenvalue weighted by Gasteiger charge is -2.22. The van der Waals surface area contributed by atoms with E-state index in [1.54, 1.807) is 25.3 Å². The molecule has 1 N–H and O–H groups in total. The fraction of sp³-hybridized carbons (Fsp3) is 0.294. The van der Waals surface area contributed by atoms with Crippen molar-refractivity contribution in [3.8, 4) is 5.75 Å². The highest BCUT2D eigenvalue weighted by molar-refractivity contribution is 6.30. The van der Waals surface area contributed by atoms with E-state index < -0.39 is 0 Å². The Morgan fingerprint density at radius 1 is 1.19 bits per heavy atom. The molecule has 2 rings (SSSR count). The first-order valence-corrected chi connectivity index (χ1v) is 7.35. The van der Waals surface area contributed by atoms with Crippen molar-refractivity contribution in [1.82, 2.24) is 5.32 Å². The van der Waals surface area contributed by atoms with Gasteiger partial charge in [0.25, 0.3) is 0 Å². The molecular formula is C17H19ClFNO. The SMILES string of the molecule is CCCNC(c1ccc(F)cc1)c1cc(Cl)ccc1OC. The molecule has 21 heavy (non-hydrogen) atoms. The van der Waals surface area contributed by atoms with Crippen LogP contribution in [0.3, 0.4) is 0 Å². The predicted molar refractivity (Wildman–Crippen MR) is 84.5 cm³/mol. The fourth-order valence-corrected chi connectivity index (χ4v) is 2.46. The van der Waals surface area contributed by atoms with Gasteiger partial charge in [0.15, 0.2) is 0 Å². The third-order valence-corrected chi connectivity index (χ3v) is 3.54. The maximum absolute atomic E-state index is 13.1. The second kappa shape index (κ2) is 7.43. The lowest BCUT2D eigenvalue weighted by atomic mass is 9.97. The van der Waals surface area contributed by atoms with E-state index >= 15 is 0 Å². The summed E-state index contributed by atoms with van der Waals surface area (Å²) in [5, 5.41) is 4.11. The van der Waals surface area contributed by atoms with E-state index in [4.69, 9.17) is 16.3 Å². The number of hydrogen-bond donors (Lipinski definition) is 1. The molecule has 2 aromatic rings. The molecule has 112 valence electrons. The van der Waals surface area contributed by atoms with E-state index in [1.165, 1.54) is 12.1 Å². The van der Waals surface area contributed by atoms with E-state index in [0.717, 1.165) is 29.8 Å². The third-order valence-electron chi connectivity index (χ3n) is 3.30. The molecule has 0 amide bonds. The molecule has 2 aromatic carbocycles. The molecule has 4 heteroatoms. The lowest BCUT2D eigenvalue weighted by molar-refractivity contribution is 0.404. The van der Waals surface area contributed by atoms with Gasteiger partial charge in [0.2, 0.25) is 0 Å². The van der Waals surface area contributed by atoms with Crippen molar-refractivity contribution in [3.63, 3.8) is 0 Å². The highest BCUT2D eigenvalue weighted by Crippen LogP contribution is 2.32. The summed E-state index contributed by atoms with van der Waals surface area (Å²) in [4.78, 5) is 0. The van der Waals surface area contributed by atoms with E-state index in [0.29, 0.717) is 5.02 Å². The van der Waals surface area contributed by atoms with Gasteiger partial charge in [0.1, 0.15) is 11.6 Å². The van der Waals surface area contributed by atoms with Crippen molar-refractivity contribution in [2.75, 3.05) is 13.7 Å². The molecule has 0 heterocycles. The normalized spacial score (nSPS) is 12.2. The van der Waals surface area contributed by atoms with Crippen LogP contribution in [0.15, 0.2) is 42.5 Å². The van der Waals surface area contributed by atoms with Crippen LogP contribution < -0.4 is 10.1 Å². The number of nitrogens with one attached hydrogen (secondary N) is 1. The number of halogens is 2. The van der Waals surface area contributed by atoms with Gasteiger partial charge >= 0.3 is 0 Å². The van der Waals surface area contributed by atoms with Crippen molar-refractivity contribution in [3.05, 3.63) is 64.4 Å². The summed E-state index contributed by atoms with van der Waals surface area (Å²) < 4.78 is 18.6. The summed E-state index contributed by atoms with van der Waals surface area (Å²) in [6, 6.07) is 11.9. The first-order chi connectivity index (χ1) is 10.2. The summed E-state index contributed by atoms with van der Waals surface area (Å²) in [5.41, 5.74) is 1.93. The Kier molecular flexibility index (Phi) is 5.59. The maximum Gasteiger partial charge on any atom is 0.124 e. The van der Waals surface area contributed by atoms with Crippen LogP contribution in [0.1, 0.15) is 30.5 Å². The zero-order valence-electron chi connectivity index (χ0n) is 12.2. The molecule has 0 saturated carbocycles. The third kappa shape index (κ3) is 3.96. The largest absolute Gasteiger partial charge is 0.496 e. The standard InChI is InChI=1S/C17H19ClFNO/c1-3-10-20-17(12-4-7-14(19)8-5-12)15-11-13(18)6-9-16(15)21-2/h4-9,11,17,20H,3,10H2,1-2H3. The Morgan fingerprint density at radius 3 is 2.52 bits per heavy atom. The zero-order valence-corrected chi connectivity index (χ0v) is 13.0. The maximum atomic E-state index is 13.1. The second-order valence-corrected chi connectivity index (χ2v) is 5.26. The van der Waals surface area contributed by atoms with Gasteiger partial charge in [-0.25, -0.2) is 4.39 Å². The van der Waals surface area contributed by atoms with E-state index in [1.807, 2.05) is 12.1 Å². The van der Waals surface area contributed by atoms with Gasteiger partial charge in [-0.05, 0) is 48.9 Å². The molecule has 0 aliphatic rings. The first kappa shape index (κ1) is 15.8. The number of hydrogen-bond acceptors (Lipinski definition) is 2. The van der Waals surface area contributed by atoms with Gasteiger partial charge < -0.3 is 10.1 Å². The van der Waals surface area contributed by atoms with Crippen molar-refractivity contribution in [2.24, 2.45) is 0 Å². The molecule has 2 nitrogen and oxygen atoms in total. The topological polar surface area (TPSA) is 21.3 Å². The van der Waals surface area contributed by atoms with Crippen molar-refractivity contribution in [1.29, 1.82) is 0 Å². The Morgan fingerprint density at radius 2 is 1.90 bits per heavy atom. The van der Waals surface area contributed by atoms with Crippen LogP contribution >= 0.6 is 11.6 Å². The molecule has 0 saturated heterocycles. The molecule has 0 aromatic heterocycles. The van der Waals surface area contributed by atoms with Crippen LogP contribution in [-0.2, 0) is 0 Å². The Balaban J connectivity index is 2.44. The van der Waals surface area contributed by atoms with Crippen LogP contribution in [0, 0.1) is 5.82 Å². The zero-order chi connectivity index (χ0) is 15.2. The fourth-order valence-electron chi connectivity index (χ4n) is 2.28. The van der Waals surface area contributed by atoms with Crippen LogP contribution in [0.2, 0.25) is 5.02 Å². The summed E-state index contributed by atoms with van der Waals surface area (Å²) >= 11 is 6.12. The van der Waals surface area contributed by atoms with Gasteiger partial charge in [-0.1, -0.05) is 30.7 Å². The van der Waals surface area contributed by atoms with Gasteiger partial charge in [0.05, 0.1) is 13.2 Å². The Bertz CT molecular complexity index is 586. The van der Waals surface area contributed by atoms with E-state index in [9.17, 15) is 4.39 Å². The van der Waals surface area contributed by atoms with Crippen LogP contribution in [-0.4, -0.2) is 13.7 Å². The molecular weight excluding hydrogens is 289 g/mol. The van der Waals surface area contributed by atoms with Gasteiger partial charge in [-0.2, -0.15) is 0 Å². The van der Waals surface area contributed by atoms with Gasteiger partial charge in [-0.15, -0.1) is 0 Å². The van der Waals surface area contributed by atoms with E-state index in [-0.39, 0.29) is 11.9 Å². The van der Waals surface area contributed by atoms with Crippen molar-refractivity contribution < 1.29 is 9.13 Å². The Labute approximate surface area is 129 Å². The smallest absolute Gasteiger partial charge is 0.124 e. The first-order valence-electron chi connectivity index (χ1n) is 6.98. The van der Waals surface area contributed by atoms with E-state index in [2.05, 4.69) is 12.2 Å². The summed E-state index contributed by atoms with van der Waals surface area (Å²) in [7, 11) is 1.63. The minimum absolute atomic E-state index is 0.0841. The number of methoxy groups -OCH3 is 1. The number of benzene rings is 2. The van der Waals surface area contributed by atoms with Crippen molar-refractivity contribution >= 4 is 11.6 Å².